The van der Waals surface area contributed by atoms with Crippen LogP contribution in [0.25, 0.3) is 0 Å². The van der Waals surface area contributed by atoms with E-state index in [2.05, 4.69) is 24.4 Å². The van der Waals surface area contributed by atoms with Crippen LogP contribution in [-0.4, -0.2) is 30.4 Å². The molecule has 1 unspecified atom stereocenters. The van der Waals surface area contributed by atoms with Gasteiger partial charge in [-0.15, -0.1) is 11.3 Å². The summed E-state index contributed by atoms with van der Waals surface area (Å²) in [6.07, 6.45) is 2.76. The van der Waals surface area contributed by atoms with E-state index in [-0.39, 0.29) is 5.91 Å². The van der Waals surface area contributed by atoms with Crippen molar-refractivity contribution in [3.05, 3.63) is 21.9 Å². The van der Waals surface area contributed by atoms with Crippen molar-refractivity contribution in [3.8, 4) is 0 Å². The van der Waals surface area contributed by atoms with Gasteiger partial charge in [0.25, 0.3) is 0 Å². The number of hydrogen-bond acceptors (Lipinski definition) is 3. The molecule has 1 amide bonds. The number of hydrogen-bond donors (Lipinski definition) is 1. The zero-order valence-electron chi connectivity index (χ0n) is 10.5. The van der Waals surface area contributed by atoms with E-state index in [1.807, 2.05) is 23.3 Å². The zero-order chi connectivity index (χ0) is 12.3. The van der Waals surface area contributed by atoms with Gasteiger partial charge in [0.2, 0.25) is 5.91 Å². The fourth-order valence-corrected chi connectivity index (χ4v) is 3.04. The van der Waals surface area contributed by atoms with Crippen molar-refractivity contribution in [1.82, 2.24) is 10.2 Å². The first-order valence-corrected chi connectivity index (χ1v) is 7.05. The van der Waals surface area contributed by atoms with Gasteiger partial charge in [0.15, 0.2) is 0 Å². The van der Waals surface area contributed by atoms with Gasteiger partial charge in [-0.1, -0.05) is 6.92 Å². The molecule has 0 spiro atoms. The summed E-state index contributed by atoms with van der Waals surface area (Å²) < 4.78 is 0. The smallest absolute Gasteiger partial charge is 0.222 e. The Morgan fingerprint density at radius 3 is 2.88 bits per heavy atom. The Labute approximate surface area is 107 Å². The van der Waals surface area contributed by atoms with E-state index >= 15 is 0 Å². The molecule has 0 bridgehead atoms. The van der Waals surface area contributed by atoms with E-state index in [1.54, 1.807) is 0 Å². The van der Waals surface area contributed by atoms with Crippen LogP contribution in [0.2, 0.25) is 0 Å². The quantitative estimate of drug-likeness (QED) is 0.889. The van der Waals surface area contributed by atoms with Gasteiger partial charge in [-0.05, 0) is 25.0 Å². The van der Waals surface area contributed by atoms with Crippen LogP contribution >= 0.6 is 11.3 Å². The normalized spacial score (nSPS) is 20.9. The summed E-state index contributed by atoms with van der Waals surface area (Å²) in [6.45, 7) is 3.95. The van der Waals surface area contributed by atoms with Crippen LogP contribution in [-0.2, 0) is 17.8 Å². The fourth-order valence-electron chi connectivity index (χ4n) is 2.13. The predicted molar refractivity (Wildman–Crippen MR) is 71.2 cm³/mol. The van der Waals surface area contributed by atoms with Gasteiger partial charge in [-0.2, -0.15) is 0 Å². The van der Waals surface area contributed by atoms with Gasteiger partial charge < -0.3 is 10.2 Å². The maximum absolute atomic E-state index is 11.4. The molecule has 17 heavy (non-hydrogen) atoms. The van der Waals surface area contributed by atoms with Gasteiger partial charge in [0.05, 0.1) is 0 Å². The van der Waals surface area contributed by atoms with Crippen LogP contribution in [0.5, 0.6) is 0 Å². The summed E-state index contributed by atoms with van der Waals surface area (Å²) in [4.78, 5) is 16.0. The molecule has 1 aliphatic heterocycles. The molecule has 0 saturated carbocycles. The number of carbonyl (C=O) groups excluding carboxylic acids is 1. The number of amides is 1. The molecule has 1 atom stereocenters. The molecule has 0 radical (unpaired) electrons. The van der Waals surface area contributed by atoms with Crippen LogP contribution in [0.3, 0.4) is 0 Å². The van der Waals surface area contributed by atoms with Gasteiger partial charge in [0, 0.05) is 42.4 Å². The lowest BCUT2D eigenvalue weighted by Crippen LogP contribution is -2.46. The standard InChI is InChI=1S/C13H20N2OS/c1-3-11-5-6-12(17-11)8-14-10-4-7-13(16)15(2)9-10/h5-6,10,14H,3-4,7-9H2,1-2H3. The minimum Gasteiger partial charge on any atom is -0.344 e. The highest BCUT2D eigenvalue weighted by Gasteiger charge is 2.22. The second-order valence-corrected chi connectivity index (χ2v) is 5.87. The Morgan fingerprint density at radius 2 is 2.24 bits per heavy atom. The highest BCUT2D eigenvalue weighted by atomic mass is 32.1. The molecule has 0 aromatic carbocycles. The summed E-state index contributed by atoms with van der Waals surface area (Å²) in [5.41, 5.74) is 0. The Hall–Kier alpha value is -0.870. The van der Waals surface area contributed by atoms with Crippen molar-refractivity contribution in [2.75, 3.05) is 13.6 Å². The van der Waals surface area contributed by atoms with E-state index in [0.717, 1.165) is 25.9 Å². The number of likely N-dealkylation sites (tertiary alicyclic amines) is 1. The molecule has 2 rings (SSSR count). The second kappa shape index (κ2) is 5.65. The maximum Gasteiger partial charge on any atom is 0.222 e. The van der Waals surface area contributed by atoms with Crippen LogP contribution in [0, 0.1) is 0 Å². The lowest BCUT2D eigenvalue weighted by Gasteiger charge is -2.30. The highest BCUT2D eigenvalue weighted by Crippen LogP contribution is 2.17. The molecular weight excluding hydrogens is 232 g/mol. The summed E-state index contributed by atoms with van der Waals surface area (Å²) in [7, 11) is 1.89. The Bertz CT molecular complexity index is 389. The second-order valence-electron chi connectivity index (χ2n) is 4.61. The lowest BCUT2D eigenvalue weighted by molar-refractivity contribution is -0.132. The number of nitrogens with zero attached hydrogens (tertiary/aromatic N) is 1. The van der Waals surface area contributed by atoms with Crippen molar-refractivity contribution in [2.24, 2.45) is 0 Å². The molecule has 1 aromatic rings. The zero-order valence-corrected chi connectivity index (χ0v) is 11.3. The number of carbonyl (C=O) groups is 1. The summed E-state index contributed by atoms with van der Waals surface area (Å²) in [6, 6.07) is 4.86. The van der Waals surface area contributed by atoms with Gasteiger partial charge in [-0.3, -0.25) is 4.79 Å². The number of aryl methyl sites for hydroxylation is 1. The SMILES string of the molecule is CCc1ccc(CNC2CCC(=O)N(C)C2)s1. The Kier molecular flexibility index (Phi) is 4.18. The molecule has 1 fully saturated rings. The fraction of sp³-hybridized carbons (Fsp3) is 0.615. The molecule has 1 saturated heterocycles. The van der Waals surface area contributed by atoms with Gasteiger partial charge >= 0.3 is 0 Å². The Morgan fingerprint density at radius 1 is 1.47 bits per heavy atom. The molecule has 3 nitrogen and oxygen atoms in total. The first kappa shape index (κ1) is 12.6. The summed E-state index contributed by atoms with van der Waals surface area (Å²) in [5, 5.41) is 3.54. The first-order chi connectivity index (χ1) is 8.19. The largest absolute Gasteiger partial charge is 0.344 e. The minimum absolute atomic E-state index is 0.271. The third-order valence-corrected chi connectivity index (χ3v) is 4.49. The van der Waals surface area contributed by atoms with Crippen molar-refractivity contribution < 1.29 is 4.79 Å². The summed E-state index contributed by atoms with van der Waals surface area (Å²) in [5.74, 6) is 0.271. The van der Waals surface area contributed by atoms with E-state index < -0.39 is 0 Å². The van der Waals surface area contributed by atoms with E-state index in [1.165, 1.54) is 9.75 Å². The van der Waals surface area contributed by atoms with Gasteiger partial charge in [0.1, 0.15) is 0 Å². The molecule has 0 aliphatic carbocycles. The molecule has 1 N–H and O–H groups in total. The summed E-state index contributed by atoms with van der Waals surface area (Å²) >= 11 is 1.88. The van der Waals surface area contributed by atoms with Crippen molar-refractivity contribution in [3.63, 3.8) is 0 Å². The van der Waals surface area contributed by atoms with Crippen LogP contribution in [0.4, 0.5) is 0 Å². The van der Waals surface area contributed by atoms with Crippen molar-refractivity contribution in [2.45, 2.75) is 38.8 Å². The number of piperidine rings is 1. The number of nitrogens with one attached hydrogen (secondary N) is 1. The van der Waals surface area contributed by atoms with Crippen LogP contribution in [0.15, 0.2) is 12.1 Å². The molecule has 1 aromatic heterocycles. The lowest BCUT2D eigenvalue weighted by atomic mass is 10.1. The molecule has 2 heterocycles. The molecular formula is C13H20N2OS. The minimum atomic E-state index is 0.271. The van der Waals surface area contributed by atoms with E-state index in [9.17, 15) is 4.79 Å². The predicted octanol–water partition coefficient (Wildman–Crippen LogP) is 2.02. The van der Waals surface area contributed by atoms with Crippen molar-refractivity contribution >= 4 is 17.2 Å². The molecule has 4 heteroatoms. The number of rotatable bonds is 4. The van der Waals surface area contributed by atoms with Crippen LogP contribution in [0.1, 0.15) is 29.5 Å². The molecule has 1 aliphatic rings. The number of likely N-dealkylation sites (N-methyl/N-ethyl adjacent to an activating group) is 1. The molecule has 94 valence electrons. The maximum atomic E-state index is 11.4. The average molecular weight is 252 g/mol. The van der Waals surface area contributed by atoms with E-state index in [0.29, 0.717) is 12.5 Å². The topological polar surface area (TPSA) is 32.3 Å². The monoisotopic (exact) mass is 252 g/mol. The number of thiophene rings is 1. The van der Waals surface area contributed by atoms with Crippen LogP contribution < -0.4 is 5.32 Å². The average Bonchev–Trinajstić information content (AvgIpc) is 2.79. The third kappa shape index (κ3) is 3.30. The third-order valence-electron chi connectivity index (χ3n) is 3.26. The first-order valence-electron chi connectivity index (χ1n) is 6.24. The van der Waals surface area contributed by atoms with Gasteiger partial charge in [-0.25, -0.2) is 0 Å². The van der Waals surface area contributed by atoms with E-state index in [4.69, 9.17) is 0 Å². The Balaban J connectivity index is 1.80. The van der Waals surface area contributed by atoms with Crippen molar-refractivity contribution in [1.29, 1.82) is 0 Å². The highest BCUT2D eigenvalue weighted by molar-refractivity contribution is 7.11.